The SMILES string of the molecule is CCCCCCC(=Cc1ccccc1)C=C1SC(=S)N(C(CCC)C(C(=O)O)C(=O)O)C1=O. The summed E-state index contributed by atoms with van der Waals surface area (Å²) in [5.74, 6) is -5.11. The highest BCUT2D eigenvalue weighted by atomic mass is 32.2. The first kappa shape index (κ1) is 26.8. The molecule has 6 nitrogen and oxygen atoms in total. The monoisotopic (exact) mass is 489 g/mol. The fourth-order valence-corrected chi connectivity index (χ4v) is 5.20. The van der Waals surface area contributed by atoms with Gasteiger partial charge in [-0.05, 0) is 36.5 Å². The molecule has 0 aromatic heterocycles. The maximum absolute atomic E-state index is 13.3. The van der Waals surface area contributed by atoms with Gasteiger partial charge in [0.1, 0.15) is 4.32 Å². The van der Waals surface area contributed by atoms with E-state index >= 15 is 0 Å². The number of hydrogen-bond acceptors (Lipinski definition) is 5. The number of carboxylic acid groups (broad SMARTS) is 2. The molecule has 2 rings (SSSR count). The smallest absolute Gasteiger partial charge is 0.320 e. The molecule has 1 amide bonds. The zero-order chi connectivity index (χ0) is 24.4. The first-order chi connectivity index (χ1) is 15.8. The van der Waals surface area contributed by atoms with Crippen molar-refractivity contribution in [3.8, 4) is 0 Å². The Balaban J connectivity index is 2.36. The maximum atomic E-state index is 13.3. The highest BCUT2D eigenvalue weighted by Gasteiger charge is 2.45. The number of nitrogens with zero attached hydrogens (tertiary/aromatic N) is 1. The standard InChI is InChI=1S/C25H31NO5S2/c1-3-5-6-8-14-18(15-17-12-9-7-10-13-17)16-20-22(27)26(25(32)33-20)19(11-4-2)21(23(28)29)24(30)31/h7,9-10,12-13,15-16,19,21H,3-6,8,11,14H2,1-2H3,(H,28,29)(H,30,31). The van der Waals surface area contributed by atoms with Crippen molar-refractivity contribution in [1.29, 1.82) is 0 Å². The highest BCUT2D eigenvalue weighted by molar-refractivity contribution is 8.26. The van der Waals surface area contributed by atoms with Crippen molar-refractivity contribution in [2.45, 2.75) is 64.8 Å². The number of thioether (sulfide) groups is 1. The van der Waals surface area contributed by atoms with Crippen molar-refractivity contribution >= 4 is 52.2 Å². The summed E-state index contributed by atoms with van der Waals surface area (Å²) in [7, 11) is 0. The first-order valence-electron chi connectivity index (χ1n) is 11.3. The average Bonchev–Trinajstić information content (AvgIpc) is 3.03. The van der Waals surface area contributed by atoms with E-state index in [9.17, 15) is 24.6 Å². The molecule has 1 aliphatic rings. The molecule has 1 heterocycles. The number of carboxylic acids is 2. The minimum Gasteiger partial charge on any atom is -0.481 e. The quantitative estimate of drug-likeness (QED) is 0.158. The van der Waals surface area contributed by atoms with Gasteiger partial charge in [0.25, 0.3) is 5.91 Å². The Hall–Kier alpha value is -2.45. The maximum Gasteiger partial charge on any atom is 0.320 e. The zero-order valence-corrected chi connectivity index (χ0v) is 20.7. The van der Waals surface area contributed by atoms with E-state index in [0.29, 0.717) is 11.3 Å². The van der Waals surface area contributed by atoms with Crippen molar-refractivity contribution < 1.29 is 24.6 Å². The average molecular weight is 490 g/mol. The number of carbonyl (C=O) groups excluding carboxylic acids is 1. The summed E-state index contributed by atoms with van der Waals surface area (Å²) in [6, 6.07) is 8.80. The lowest BCUT2D eigenvalue weighted by Crippen LogP contribution is -2.48. The van der Waals surface area contributed by atoms with Crippen LogP contribution in [0.3, 0.4) is 0 Å². The van der Waals surface area contributed by atoms with Crippen molar-refractivity contribution in [3.63, 3.8) is 0 Å². The molecule has 1 fully saturated rings. The molecule has 0 radical (unpaired) electrons. The molecule has 2 N–H and O–H groups in total. The Kier molecular flexibility index (Phi) is 10.8. The van der Waals surface area contributed by atoms with Crippen LogP contribution in [0.4, 0.5) is 0 Å². The highest BCUT2D eigenvalue weighted by Crippen LogP contribution is 2.37. The van der Waals surface area contributed by atoms with Crippen LogP contribution in [0.5, 0.6) is 0 Å². The number of hydrogen-bond donors (Lipinski definition) is 2. The second-order valence-electron chi connectivity index (χ2n) is 8.00. The molecule has 1 aliphatic heterocycles. The van der Waals surface area contributed by atoms with Crippen LogP contribution in [0.15, 0.2) is 46.9 Å². The van der Waals surface area contributed by atoms with Gasteiger partial charge in [-0.2, -0.15) is 0 Å². The van der Waals surface area contributed by atoms with Crippen LogP contribution in [-0.2, 0) is 14.4 Å². The van der Waals surface area contributed by atoms with Crippen LogP contribution in [0, 0.1) is 5.92 Å². The fourth-order valence-electron chi connectivity index (χ4n) is 3.81. The van der Waals surface area contributed by atoms with Crippen LogP contribution >= 0.6 is 24.0 Å². The second kappa shape index (κ2) is 13.3. The Morgan fingerprint density at radius 1 is 1.06 bits per heavy atom. The van der Waals surface area contributed by atoms with E-state index in [4.69, 9.17) is 12.2 Å². The molecule has 1 unspecified atom stereocenters. The summed E-state index contributed by atoms with van der Waals surface area (Å²) >= 11 is 6.51. The van der Waals surface area contributed by atoms with E-state index in [2.05, 4.69) is 6.92 Å². The number of benzene rings is 1. The zero-order valence-electron chi connectivity index (χ0n) is 19.0. The van der Waals surface area contributed by atoms with Gasteiger partial charge >= 0.3 is 11.9 Å². The number of allylic oxidation sites excluding steroid dienone is 2. The largest absolute Gasteiger partial charge is 0.481 e. The van der Waals surface area contributed by atoms with Gasteiger partial charge in [0.15, 0.2) is 5.92 Å². The molecular formula is C25H31NO5S2. The summed E-state index contributed by atoms with van der Waals surface area (Å²) in [4.78, 5) is 38.2. The molecule has 0 aliphatic carbocycles. The molecule has 1 saturated heterocycles. The van der Waals surface area contributed by atoms with E-state index in [1.165, 1.54) is 4.90 Å². The van der Waals surface area contributed by atoms with E-state index < -0.39 is 29.8 Å². The van der Waals surface area contributed by atoms with Gasteiger partial charge in [-0.25, -0.2) is 0 Å². The number of rotatable bonds is 13. The van der Waals surface area contributed by atoms with Gasteiger partial charge in [-0.15, -0.1) is 0 Å². The normalized spacial score (nSPS) is 16.6. The van der Waals surface area contributed by atoms with Crippen LogP contribution in [0.25, 0.3) is 6.08 Å². The third kappa shape index (κ3) is 7.54. The van der Waals surface area contributed by atoms with Gasteiger partial charge < -0.3 is 10.2 Å². The van der Waals surface area contributed by atoms with Crippen LogP contribution in [0.2, 0.25) is 0 Å². The minimum atomic E-state index is -1.74. The van der Waals surface area contributed by atoms with Crippen molar-refractivity contribution in [3.05, 3.63) is 52.4 Å². The van der Waals surface area contributed by atoms with Gasteiger partial charge in [0.2, 0.25) is 0 Å². The molecule has 1 aromatic rings. The first-order valence-corrected chi connectivity index (χ1v) is 12.5. The molecule has 1 aromatic carbocycles. The van der Waals surface area contributed by atoms with Crippen molar-refractivity contribution in [2.75, 3.05) is 0 Å². The second-order valence-corrected chi connectivity index (χ2v) is 9.68. The van der Waals surface area contributed by atoms with Crippen LogP contribution in [-0.4, -0.2) is 43.3 Å². The topological polar surface area (TPSA) is 94.9 Å². The predicted molar refractivity (Wildman–Crippen MR) is 136 cm³/mol. The Labute approximate surface area is 204 Å². The summed E-state index contributed by atoms with van der Waals surface area (Å²) in [6.45, 7) is 3.97. The number of thiocarbonyl (C=S) groups is 1. The Morgan fingerprint density at radius 2 is 1.73 bits per heavy atom. The van der Waals surface area contributed by atoms with E-state index in [1.54, 1.807) is 0 Å². The summed E-state index contributed by atoms with van der Waals surface area (Å²) in [5, 5.41) is 19.0. The van der Waals surface area contributed by atoms with Gasteiger partial charge in [-0.3, -0.25) is 19.3 Å². The van der Waals surface area contributed by atoms with Crippen LogP contribution < -0.4 is 0 Å². The number of amides is 1. The molecule has 178 valence electrons. The van der Waals surface area contributed by atoms with E-state index in [0.717, 1.165) is 55.0 Å². The molecule has 8 heteroatoms. The van der Waals surface area contributed by atoms with Gasteiger partial charge in [-0.1, -0.05) is 99.9 Å². The van der Waals surface area contributed by atoms with Crippen molar-refractivity contribution in [1.82, 2.24) is 4.90 Å². The lowest BCUT2D eigenvalue weighted by molar-refractivity contribution is -0.157. The summed E-state index contributed by atoms with van der Waals surface area (Å²) < 4.78 is 0.197. The number of aliphatic carboxylic acids is 2. The predicted octanol–water partition coefficient (Wildman–Crippen LogP) is 5.74. The lowest BCUT2D eigenvalue weighted by atomic mass is 9.94. The molecule has 1 atom stereocenters. The lowest BCUT2D eigenvalue weighted by Gasteiger charge is -2.29. The summed E-state index contributed by atoms with van der Waals surface area (Å²) in [5.41, 5.74) is 2.01. The third-order valence-corrected chi connectivity index (χ3v) is 6.77. The fraction of sp³-hybridized carbons (Fsp3) is 0.440. The van der Waals surface area contributed by atoms with Crippen molar-refractivity contribution in [2.24, 2.45) is 5.92 Å². The molecule has 0 bridgehead atoms. The molecular weight excluding hydrogens is 458 g/mol. The minimum absolute atomic E-state index is 0.197. The van der Waals surface area contributed by atoms with Crippen LogP contribution in [0.1, 0.15) is 64.4 Å². The summed E-state index contributed by atoms with van der Waals surface area (Å²) in [6.07, 6.45) is 9.76. The Morgan fingerprint density at radius 3 is 2.30 bits per heavy atom. The third-order valence-electron chi connectivity index (χ3n) is 5.44. The number of unbranched alkanes of at least 4 members (excludes halogenated alkanes) is 3. The molecule has 33 heavy (non-hydrogen) atoms. The molecule has 0 saturated carbocycles. The van der Waals surface area contributed by atoms with E-state index in [-0.39, 0.29) is 10.7 Å². The van der Waals surface area contributed by atoms with E-state index in [1.807, 2.05) is 49.4 Å². The van der Waals surface area contributed by atoms with Gasteiger partial charge in [0, 0.05) is 0 Å². The van der Waals surface area contributed by atoms with Gasteiger partial charge in [0.05, 0.1) is 10.9 Å². The molecule has 0 spiro atoms. The Bertz CT molecular complexity index is 912. The number of carbonyl (C=O) groups is 3.